The summed E-state index contributed by atoms with van der Waals surface area (Å²) in [6, 6.07) is 4.10. The van der Waals surface area contributed by atoms with Gasteiger partial charge in [0.25, 0.3) is 0 Å². The number of hydrogen-bond acceptors (Lipinski definition) is 10. The first kappa shape index (κ1) is 43.3. The Hall–Kier alpha value is -3.83. The molecule has 1 atom stereocenters. The van der Waals surface area contributed by atoms with Crippen molar-refractivity contribution < 1.29 is 32.2 Å². The molecule has 1 aromatic carbocycles. The predicted octanol–water partition coefficient (Wildman–Crippen LogP) is 8.92. The molecule has 2 aromatic rings. The van der Waals surface area contributed by atoms with E-state index in [4.69, 9.17) is 19.2 Å². The number of ether oxygens (including phenoxy) is 3. The van der Waals surface area contributed by atoms with Crippen molar-refractivity contribution in [1.82, 2.24) is 14.9 Å². The van der Waals surface area contributed by atoms with Gasteiger partial charge in [-0.3, -0.25) is 0 Å². The number of rotatable bonds is 5. The van der Waals surface area contributed by atoms with Crippen LogP contribution in [0.25, 0.3) is 0 Å². The summed E-state index contributed by atoms with van der Waals surface area (Å²) in [5.41, 5.74) is 6.33. The van der Waals surface area contributed by atoms with Gasteiger partial charge in [-0.05, 0) is 102 Å². The smallest absolute Gasteiger partial charge is 0.420 e. The first-order valence-corrected chi connectivity index (χ1v) is 24.2. The second-order valence-electron chi connectivity index (χ2n) is 18.5. The molecule has 14 heteroatoms. The van der Waals surface area contributed by atoms with Crippen LogP contribution in [0.2, 0.25) is 16.6 Å². The van der Waals surface area contributed by atoms with Crippen molar-refractivity contribution in [2.24, 2.45) is 0 Å². The molecule has 2 fully saturated rings. The van der Waals surface area contributed by atoms with Gasteiger partial charge in [0.15, 0.2) is 21.4 Å². The molecule has 5 rings (SSSR count). The Labute approximate surface area is 336 Å². The minimum Gasteiger partial charge on any atom is -0.482 e. The van der Waals surface area contributed by atoms with Crippen molar-refractivity contribution in [3.63, 3.8) is 0 Å². The molecule has 308 valence electrons. The number of carbonyl (C=O) groups is 2. The number of carbonyl (C=O) groups excluding carboxylic acids is 2. The van der Waals surface area contributed by atoms with Crippen LogP contribution in [0, 0.1) is 11.5 Å². The van der Waals surface area contributed by atoms with E-state index in [-0.39, 0.29) is 36.6 Å². The van der Waals surface area contributed by atoms with Crippen molar-refractivity contribution in [2.75, 3.05) is 47.5 Å². The van der Waals surface area contributed by atoms with Gasteiger partial charge in [0.2, 0.25) is 0 Å². The molecule has 12 nitrogen and oxygen atoms in total. The van der Waals surface area contributed by atoms with Crippen LogP contribution in [0.3, 0.4) is 0 Å². The summed E-state index contributed by atoms with van der Waals surface area (Å²) in [4.78, 5) is 42.2. The van der Waals surface area contributed by atoms with Crippen LogP contribution in [0.4, 0.5) is 26.9 Å². The lowest BCUT2D eigenvalue weighted by Gasteiger charge is -2.38. The maximum absolute atomic E-state index is 14.6. The fraction of sp³-hybridized carbons (Fsp3) is 0.667. The van der Waals surface area contributed by atoms with E-state index in [1.165, 1.54) is 11.2 Å². The molecule has 2 amide bonds. The monoisotopic (exact) mass is 809 g/mol. The summed E-state index contributed by atoms with van der Waals surface area (Å²) < 4.78 is 43.6. The summed E-state index contributed by atoms with van der Waals surface area (Å²) in [5.74, 6) is 5.01. The summed E-state index contributed by atoms with van der Waals surface area (Å²) in [5, 5.41) is 0. The average molecular weight is 810 g/mol. The quantitative estimate of drug-likeness (QED) is 0.213. The fourth-order valence-electron chi connectivity index (χ4n) is 8.52. The largest absolute Gasteiger partial charge is 0.482 e. The molecule has 2 saturated heterocycles. The Morgan fingerprint density at radius 1 is 0.839 bits per heavy atom. The molecule has 0 spiro atoms. The number of aromatic nitrogens is 2. The molecule has 1 aromatic heterocycles. The summed E-state index contributed by atoms with van der Waals surface area (Å²) in [6.07, 6.45) is 1.21. The first-order chi connectivity index (χ1) is 25.9. The molecule has 56 heavy (non-hydrogen) atoms. The van der Waals surface area contributed by atoms with Crippen LogP contribution >= 0.6 is 0 Å². The summed E-state index contributed by atoms with van der Waals surface area (Å²) in [7, 11) is -5.39. The van der Waals surface area contributed by atoms with Crippen LogP contribution in [0.5, 0.6) is 5.75 Å². The lowest BCUT2D eigenvalue weighted by atomic mass is 9.88. The van der Waals surface area contributed by atoms with Crippen molar-refractivity contribution in [3.8, 4) is 17.2 Å². The van der Waals surface area contributed by atoms with E-state index >= 15 is 0 Å². The van der Waals surface area contributed by atoms with Gasteiger partial charge in [0.1, 0.15) is 37.5 Å². The standard InChI is InChI=1S/C42H63N5O7SSi/c1-27(2)56(28(3)4,29(5)6)23-16-32-24-33(31-14-17-46(18-15-31)39(48)53-41(8,9)10)25-34-36(32)52-30(7)35-37(45-19-21-55(50,51)22-20-45)43-26-44-38(35)47(34)40(49)54-42(11,12)13/h24-31H,14-15,17-22H2,1-13H3. The molecule has 0 bridgehead atoms. The molecule has 3 aliphatic heterocycles. The third kappa shape index (κ3) is 9.30. The molecule has 0 saturated carbocycles. The topological polar surface area (TPSA) is 131 Å². The number of piperidine rings is 1. The van der Waals surface area contributed by atoms with Crippen LogP contribution in [-0.4, -0.2) is 92.4 Å². The van der Waals surface area contributed by atoms with Gasteiger partial charge >= 0.3 is 12.2 Å². The van der Waals surface area contributed by atoms with Gasteiger partial charge in [0.05, 0.1) is 28.3 Å². The highest BCUT2D eigenvalue weighted by Crippen LogP contribution is 2.49. The Morgan fingerprint density at radius 2 is 1.38 bits per heavy atom. The minimum absolute atomic E-state index is 0.0000540. The summed E-state index contributed by atoms with van der Waals surface area (Å²) >= 11 is 0. The van der Waals surface area contributed by atoms with E-state index in [9.17, 15) is 18.0 Å². The highest BCUT2D eigenvalue weighted by Gasteiger charge is 2.43. The van der Waals surface area contributed by atoms with E-state index in [0.717, 1.165) is 5.56 Å². The lowest BCUT2D eigenvalue weighted by Crippen LogP contribution is -2.43. The summed E-state index contributed by atoms with van der Waals surface area (Å²) in [6.45, 7) is 28.2. The highest BCUT2D eigenvalue weighted by atomic mass is 32.2. The maximum atomic E-state index is 14.6. The number of nitrogens with zero attached hydrogens (tertiary/aromatic N) is 5. The average Bonchev–Trinajstić information content (AvgIpc) is 3.20. The fourth-order valence-corrected chi connectivity index (χ4v) is 14.9. The second kappa shape index (κ2) is 16.2. The van der Waals surface area contributed by atoms with Crippen LogP contribution < -0.4 is 14.5 Å². The first-order valence-electron chi connectivity index (χ1n) is 20.1. The number of likely N-dealkylation sites (tertiary alicyclic amines) is 1. The van der Waals surface area contributed by atoms with E-state index in [1.807, 2.05) is 59.4 Å². The Morgan fingerprint density at radius 3 is 1.91 bits per heavy atom. The number of sulfone groups is 1. The van der Waals surface area contributed by atoms with Crippen molar-refractivity contribution in [3.05, 3.63) is 35.2 Å². The van der Waals surface area contributed by atoms with Gasteiger partial charge in [0, 0.05) is 26.2 Å². The van der Waals surface area contributed by atoms with Crippen molar-refractivity contribution in [1.29, 1.82) is 0 Å². The zero-order chi connectivity index (χ0) is 41.5. The van der Waals surface area contributed by atoms with E-state index in [2.05, 4.69) is 64.1 Å². The van der Waals surface area contributed by atoms with E-state index in [0.29, 0.717) is 76.8 Å². The van der Waals surface area contributed by atoms with Gasteiger partial charge in [-0.25, -0.2) is 32.9 Å². The second-order valence-corrected chi connectivity index (χ2v) is 26.3. The van der Waals surface area contributed by atoms with Crippen molar-refractivity contribution >= 4 is 47.4 Å². The lowest BCUT2D eigenvalue weighted by molar-refractivity contribution is 0.0204. The molecule has 0 N–H and O–H groups in total. The van der Waals surface area contributed by atoms with Crippen LogP contribution in [0.15, 0.2) is 18.5 Å². The van der Waals surface area contributed by atoms with Gasteiger partial charge in [-0.2, -0.15) is 0 Å². The Balaban J connectivity index is 1.73. The third-order valence-corrected chi connectivity index (χ3v) is 19.1. The van der Waals surface area contributed by atoms with Gasteiger partial charge in [-0.15, -0.1) is 5.54 Å². The molecular formula is C42H63N5O7SSi. The number of fused-ring (bicyclic) bond motifs is 2. The van der Waals surface area contributed by atoms with Crippen molar-refractivity contribution in [2.45, 2.75) is 143 Å². The van der Waals surface area contributed by atoms with Gasteiger partial charge < -0.3 is 24.0 Å². The molecular weight excluding hydrogens is 747 g/mol. The SMILES string of the molecule is CC1Oc2c(C#C[Si](C(C)C)(C(C)C)C(C)C)cc(C3CCN(C(=O)OC(C)(C)C)CC3)cc2N(C(=O)OC(C)(C)C)c2ncnc(N3CCS(=O)(=O)CC3)c21. The Kier molecular flexibility index (Phi) is 12.5. The molecule has 4 heterocycles. The third-order valence-electron chi connectivity index (χ3n) is 11.2. The number of anilines is 3. The Bertz CT molecular complexity index is 1930. The number of benzene rings is 1. The predicted molar refractivity (Wildman–Crippen MR) is 224 cm³/mol. The number of amides is 2. The molecule has 0 aliphatic carbocycles. The van der Waals surface area contributed by atoms with Gasteiger partial charge in [-0.1, -0.05) is 47.5 Å². The molecule has 3 aliphatic rings. The molecule has 0 radical (unpaired) electrons. The van der Waals surface area contributed by atoms with E-state index < -0.39 is 41.3 Å². The van der Waals surface area contributed by atoms with E-state index in [1.54, 1.807) is 4.90 Å². The zero-order valence-electron chi connectivity index (χ0n) is 35.8. The zero-order valence-corrected chi connectivity index (χ0v) is 37.6. The molecule has 1 unspecified atom stereocenters. The van der Waals surface area contributed by atoms with Crippen LogP contribution in [0.1, 0.15) is 132 Å². The number of hydrogen-bond donors (Lipinski definition) is 0. The maximum Gasteiger partial charge on any atom is 0.420 e. The van der Waals surface area contributed by atoms with Crippen LogP contribution in [-0.2, 0) is 19.3 Å². The highest BCUT2D eigenvalue weighted by molar-refractivity contribution is 7.91. The normalized spacial score (nSPS) is 19.1. The minimum atomic E-state index is -3.17.